The maximum atomic E-state index is 14.4. The van der Waals surface area contributed by atoms with Crippen LogP contribution in [0, 0.1) is 11.6 Å². The summed E-state index contributed by atoms with van der Waals surface area (Å²) in [6, 6.07) is 7.93. The van der Waals surface area contributed by atoms with E-state index < -0.39 is 27.7 Å². The number of carbonyl (C=O) groups is 1. The third-order valence-corrected chi connectivity index (χ3v) is 6.81. The maximum absolute atomic E-state index is 14.4. The summed E-state index contributed by atoms with van der Waals surface area (Å²) >= 11 is 0.986. The first kappa shape index (κ1) is 22.1. The second-order valence-corrected chi connectivity index (χ2v) is 9.75. The number of nitrogens with zero attached hydrogens (tertiary/aromatic N) is 2. The molecule has 3 aromatic rings. The van der Waals surface area contributed by atoms with E-state index in [-0.39, 0.29) is 27.5 Å². The minimum absolute atomic E-state index is 0.108. The zero-order chi connectivity index (χ0) is 22.9. The molecule has 0 unspecified atom stereocenters. The number of hydrogen-bond acceptors (Lipinski definition) is 6. The van der Waals surface area contributed by atoms with Gasteiger partial charge in [-0.05, 0) is 43.2 Å². The molecule has 168 valence electrons. The van der Waals surface area contributed by atoms with E-state index in [9.17, 15) is 22.0 Å². The van der Waals surface area contributed by atoms with E-state index in [1.54, 1.807) is 6.07 Å². The highest BCUT2D eigenvalue weighted by Crippen LogP contribution is 2.31. The lowest BCUT2D eigenvalue weighted by Gasteiger charge is -2.19. The molecule has 8 nitrogen and oxygen atoms in total. The van der Waals surface area contributed by atoms with Gasteiger partial charge in [-0.3, -0.25) is 10.2 Å². The van der Waals surface area contributed by atoms with Gasteiger partial charge in [0.15, 0.2) is 5.13 Å². The number of benzene rings is 2. The number of thiazole rings is 1. The maximum Gasteiger partial charge on any atom is 0.327 e. The molecule has 0 atom stereocenters. The van der Waals surface area contributed by atoms with Gasteiger partial charge < -0.3 is 4.74 Å². The van der Waals surface area contributed by atoms with Crippen molar-refractivity contribution in [2.45, 2.75) is 23.8 Å². The second kappa shape index (κ2) is 8.81. The lowest BCUT2D eigenvalue weighted by molar-refractivity contribution is 0.258. The van der Waals surface area contributed by atoms with E-state index in [1.165, 1.54) is 31.4 Å². The monoisotopic (exact) mass is 480 g/mol. The first-order valence-corrected chi connectivity index (χ1v) is 11.8. The Morgan fingerprint density at radius 3 is 2.72 bits per heavy atom. The molecule has 1 aromatic heterocycles. The van der Waals surface area contributed by atoms with Crippen LogP contribution in [-0.2, 0) is 10.0 Å². The first-order valence-electron chi connectivity index (χ1n) is 9.47. The number of hydrogen-bond donors (Lipinski definition) is 2. The standard InChI is InChI=1S/C20H18F2N4O4S2/c1-26(17-10-15(7-8-16(17)22)32(28,29)25-13-5-6-13)20(27)24-19-23-11-18(31-19)30-14-4-2-3-12(21)9-14/h2-4,7-11,13,25H,5-6H2,1H3,(H,23,24,27). The van der Waals surface area contributed by atoms with Gasteiger partial charge in [0.2, 0.25) is 15.1 Å². The van der Waals surface area contributed by atoms with Crippen LogP contribution in [0.5, 0.6) is 10.8 Å². The molecule has 2 amide bonds. The molecule has 32 heavy (non-hydrogen) atoms. The van der Waals surface area contributed by atoms with Crippen LogP contribution in [0.15, 0.2) is 53.6 Å². The van der Waals surface area contributed by atoms with Crippen LogP contribution in [0.3, 0.4) is 0 Å². The summed E-state index contributed by atoms with van der Waals surface area (Å²) in [5.74, 6) is -0.952. The van der Waals surface area contributed by atoms with Gasteiger partial charge in [-0.25, -0.2) is 31.7 Å². The molecule has 1 fully saturated rings. The molecule has 2 N–H and O–H groups in total. The SMILES string of the molecule is CN(C(=O)Nc1ncc(Oc2cccc(F)c2)s1)c1cc(S(=O)(=O)NC2CC2)ccc1F. The smallest absolute Gasteiger partial charge is 0.327 e. The van der Waals surface area contributed by atoms with Gasteiger partial charge in [0.05, 0.1) is 16.8 Å². The Kier molecular flexibility index (Phi) is 6.09. The summed E-state index contributed by atoms with van der Waals surface area (Å²) in [6.07, 6.45) is 2.87. The zero-order valence-corrected chi connectivity index (χ0v) is 18.3. The van der Waals surface area contributed by atoms with Gasteiger partial charge in [-0.15, -0.1) is 0 Å². The molecule has 4 rings (SSSR count). The summed E-state index contributed by atoms with van der Waals surface area (Å²) in [5, 5.41) is 2.96. The molecule has 1 aliphatic carbocycles. The highest BCUT2D eigenvalue weighted by molar-refractivity contribution is 7.89. The highest BCUT2D eigenvalue weighted by atomic mass is 32.2. The van der Waals surface area contributed by atoms with Crippen molar-refractivity contribution in [2.75, 3.05) is 17.3 Å². The summed E-state index contributed by atoms with van der Waals surface area (Å²) < 4.78 is 60.4. The minimum Gasteiger partial charge on any atom is -0.445 e. The molecule has 1 heterocycles. The van der Waals surface area contributed by atoms with Crippen LogP contribution in [0.1, 0.15) is 12.8 Å². The van der Waals surface area contributed by atoms with Crippen molar-refractivity contribution in [2.24, 2.45) is 0 Å². The molecule has 2 aromatic carbocycles. The number of ether oxygens (including phenoxy) is 1. The highest BCUT2D eigenvalue weighted by Gasteiger charge is 2.29. The summed E-state index contributed by atoms with van der Waals surface area (Å²) in [7, 11) is -2.51. The van der Waals surface area contributed by atoms with Crippen molar-refractivity contribution in [3.8, 4) is 10.8 Å². The Labute approximate surface area is 186 Å². The fourth-order valence-corrected chi connectivity index (χ4v) is 4.70. The van der Waals surface area contributed by atoms with Crippen molar-refractivity contribution in [3.05, 3.63) is 60.3 Å². The van der Waals surface area contributed by atoms with Gasteiger partial charge in [0.1, 0.15) is 17.4 Å². The quantitative estimate of drug-likeness (QED) is 0.525. The average Bonchev–Trinajstić information content (AvgIpc) is 3.44. The van der Waals surface area contributed by atoms with Gasteiger partial charge in [0, 0.05) is 19.2 Å². The zero-order valence-electron chi connectivity index (χ0n) is 16.7. The molecule has 1 saturated carbocycles. The number of aromatic nitrogens is 1. The van der Waals surface area contributed by atoms with Gasteiger partial charge in [-0.1, -0.05) is 17.4 Å². The molecule has 0 radical (unpaired) electrons. The van der Waals surface area contributed by atoms with Gasteiger partial charge >= 0.3 is 6.03 Å². The number of anilines is 2. The van der Waals surface area contributed by atoms with E-state index >= 15 is 0 Å². The number of sulfonamides is 1. The predicted molar refractivity (Wildman–Crippen MR) is 116 cm³/mol. The largest absolute Gasteiger partial charge is 0.445 e. The van der Waals surface area contributed by atoms with E-state index in [0.717, 1.165) is 47.3 Å². The Balaban J connectivity index is 1.46. The van der Waals surface area contributed by atoms with E-state index in [0.29, 0.717) is 5.06 Å². The van der Waals surface area contributed by atoms with Crippen molar-refractivity contribution in [1.82, 2.24) is 9.71 Å². The van der Waals surface area contributed by atoms with Crippen LogP contribution < -0.4 is 19.7 Å². The van der Waals surface area contributed by atoms with Crippen molar-refractivity contribution < 1.29 is 26.7 Å². The molecule has 0 saturated heterocycles. The lowest BCUT2D eigenvalue weighted by atomic mass is 10.3. The topological polar surface area (TPSA) is 101 Å². The Hall–Kier alpha value is -3.09. The van der Waals surface area contributed by atoms with Crippen LogP contribution in [-0.4, -0.2) is 32.5 Å². The average molecular weight is 481 g/mol. The number of nitrogens with one attached hydrogen (secondary N) is 2. The number of halogens is 2. The van der Waals surface area contributed by atoms with E-state index in [4.69, 9.17) is 4.74 Å². The molecular weight excluding hydrogens is 462 g/mol. The number of rotatable bonds is 7. The fraction of sp³-hybridized carbons (Fsp3) is 0.200. The first-order chi connectivity index (χ1) is 15.2. The fourth-order valence-electron chi connectivity index (χ4n) is 2.70. The minimum atomic E-state index is -3.81. The molecule has 0 aliphatic heterocycles. The predicted octanol–water partition coefficient (Wildman–Crippen LogP) is 4.32. The lowest BCUT2D eigenvalue weighted by Crippen LogP contribution is -2.32. The third-order valence-electron chi connectivity index (χ3n) is 4.51. The Bertz CT molecular complexity index is 1260. The van der Waals surface area contributed by atoms with Crippen LogP contribution >= 0.6 is 11.3 Å². The molecule has 1 aliphatic rings. The Morgan fingerprint density at radius 2 is 2.00 bits per heavy atom. The Morgan fingerprint density at radius 1 is 1.22 bits per heavy atom. The van der Waals surface area contributed by atoms with Crippen molar-refractivity contribution in [1.29, 1.82) is 0 Å². The molecule has 12 heteroatoms. The van der Waals surface area contributed by atoms with Gasteiger partial charge in [-0.2, -0.15) is 0 Å². The number of urea groups is 1. The number of amides is 2. The summed E-state index contributed by atoms with van der Waals surface area (Å²) in [5.41, 5.74) is -0.214. The van der Waals surface area contributed by atoms with Crippen molar-refractivity contribution >= 4 is 38.2 Å². The van der Waals surface area contributed by atoms with Gasteiger partial charge in [0.25, 0.3) is 0 Å². The molecular formula is C20H18F2N4O4S2. The van der Waals surface area contributed by atoms with Crippen LogP contribution in [0.2, 0.25) is 0 Å². The normalized spacial score (nSPS) is 13.6. The molecule has 0 spiro atoms. The second-order valence-electron chi connectivity index (χ2n) is 7.04. The summed E-state index contributed by atoms with van der Waals surface area (Å²) in [6.45, 7) is 0. The molecule has 0 bridgehead atoms. The van der Waals surface area contributed by atoms with Crippen molar-refractivity contribution in [3.63, 3.8) is 0 Å². The van der Waals surface area contributed by atoms with Crippen LogP contribution in [0.25, 0.3) is 0 Å². The van der Waals surface area contributed by atoms with E-state index in [2.05, 4.69) is 15.0 Å². The third kappa shape index (κ3) is 5.21. The summed E-state index contributed by atoms with van der Waals surface area (Å²) in [4.78, 5) is 17.4. The van der Waals surface area contributed by atoms with E-state index in [1.807, 2.05) is 0 Å². The number of carbonyl (C=O) groups excluding carboxylic acids is 1. The van der Waals surface area contributed by atoms with Crippen LogP contribution in [0.4, 0.5) is 24.4 Å².